The van der Waals surface area contributed by atoms with Gasteiger partial charge in [0.05, 0.1) is 6.54 Å². The Balaban J connectivity index is 1.42. The molecule has 2 fully saturated rings. The molecule has 0 aliphatic carbocycles. The number of nitrogens with zero attached hydrogens (tertiary/aromatic N) is 3. The van der Waals surface area contributed by atoms with E-state index in [1.165, 1.54) is 5.56 Å². The first kappa shape index (κ1) is 21.2. The van der Waals surface area contributed by atoms with E-state index in [0.29, 0.717) is 25.0 Å². The number of amides is 1. The van der Waals surface area contributed by atoms with Gasteiger partial charge < -0.3 is 9.88 Å². The molecule has 0 spiro atoms. The minimum Gasteiger partial charge on any atom is -0.361 e. The number of likely N-dealkylation sites (tertiary alicyclic amines) is 1. The first-order valence-corrected chi connectivity index (χ1v) is 11.1. The second-order valence-electron chi connectivity index (χ2n) is 8.89. The molecule has 0 unspecified atom stereocenters. The van der Waals surface area contributed by atoms with Gasteiger partial charge in [-0.3, -0.25) is 14.6 Å². The van der Waals surface area contributed by atoms with Gasteiger partial charge in [0, 0.05) is 54.9 Å². The van der Waals surface area contributed by atoms with Crippen molar-refractivity contribution in [2.45, 2.75) is 45.1 Å². The highest BCUT2D eigenvalue weighted by atomic mass is 19.3. The van der Waals surface area contributed by atoms with Gasteiger partial charge in [0.2, 0.25) is 0 Å². The Morgan fingerprint density at radius 2 is 1.80 bits per heavy atom. The first-order chi connectivity index (χ1) is 14.4. The molecule has 164 valence electrons. The Labute approximate surface area is 177 Å². The van der Waals surface area contributed by atoms with Crippen LogP contribution in [0.3, 0.4) is 0 Å². The molecule has 4 rings (SSSR count). The summed E-state index contributed by atoms with van der Waals surface area (Å²) >= 11 is 0. The number of alkyl halides is 2. The summed E-state index contributed by atoms with van der Waals surface area (Å²) in [6.07, 6.45) is 1.55. The minimum absolute atomic E-state index is 0.0942. The van der Waals surface area contributed by atoms with E-state index in [4.69, 9.17) is 0 Å². The van der Waals surface area contributed by atoms with Crippen molar-refractivity contribution in [3.8, 4) is 0 Å². The Morgan fingerprint density at radius 1 is 1.10 bits per heavy atom. The fourth-order valence-electron chi connectivity index (χ4n) is 4.87. The molecule has 2 aromatic rings. The molecule has 7 heteroatoms. The molecule has 2 aliphatic rings. The number of piperidine rings is 1. The number of aromatic nitrogens is 1. The van der Waals surface area contributed by atoms with Gasteiger partial charge in [0.15, 0.2) is 0 Å². The van der Waals surface area contributed by atoms with E-state index in [2.05, 4.69) is 23.7 Å². The summed E-state index contributed by atoms with van der Waals surface area (Å²) in [5.41, 5.74) is 2.94. The quantitative estimate of drug-likeness (QED) is 0.804. The number of hydrogen-bond acceptors (Lipinski definition) is 3. The van der Waals surface area contributed by atoms with E-state index in [0.717, 1.165) is 55.5 Å². The third-order valence-corrected chi connectivity index (χ3v) is 6.72. The van der Waals surface area contributed by atoms with E-state index >= 15 is 0 Å². The zero-order chi connectivity index (χ0) is 21.3. The number of H-pyrrole nitrogens is 1. The molecule has 0 saturated carbocycles. The molecule has 0 atom stereocenters. The fraction of sp³-hybridized carbons (Fsp3) is 0.609. The highest BCUT2D eigenvalue weighted by Crippen LogP contribution is 2.33. The average molecular weight is 419 g/mol. The number of carbonyl (C=O) groups is 1. The van der Waals surface area contributed by atoms with Gasteiger partial charge >= 0.3 is 0 Å². The van der Waals surface area contributed by atoms with Crippen LogP contribution in [-0.4, -0.2) is 83.9 Å². The summed E-state index contributed by atoms with van der Waals surface area (Å²) in [7, 11) is 0. The zero-order valence-corrected chi connectivity index (χ0v) is 17.9. The lowest BCUT2D eigenvalue weighted by Gasteiger charge is -2.37. The van der Waals surface area contributed by atoms with Crippen LogP contribution in [0.15, 0.2) is 24.4 Å². The highest BCUT2D eigenvalue weighted by Gasteiger charge is 2.26. The predicted octanol–water partition coefficient (Wildman–Crippen LogP) is 3.78. The zero-order valence-electron chi connectivity index (χ0n) is 17.9. The summed E-state index contributed by atoms with van der Waals surface area (Å²) in [5.74, 6) is 0.468. The van der Waals surface area contributed by atoms with Gasteiger partial charge in [-0.25, -0.2) is 8.78 Å². The largest absolute Gasteiger partial charge is 0.361 e. The van der Waals surface area contributed by atoms with Crippen LogP contribution < -0.4 is 0 Å². The number of nitrogens with one attached hydrogen (secondary N) is 1. The molecule has 1 amide bonds. The number of halogens is 2. The van der Waals surface area contributed by atoms with E-state index in [-0.39, 0.29) is 12.5 Å². The molecule has 0 bridgehead atoms. The van der Waals surface area contributed by atoms with E-state index in [1.807, 2.05) is 34.2 Å². The molecule has 2 saturated heterocycles. The molecule has 2 aliphatic heterocycles. The van der Waals surface area contributed by atoms with E-state index < -0.39 is 6.43 Å². The lowest BCUT2D eigenvalue weighted by molar-refractivity contribution is 0.0595. The molecule has 1 aromatic carbocycles. The highest BCUT2D eigenvalue weighted by molar-refractivity contribution is 5.98. The molecule has 30 heavy (non-hydrogen) atoms. The number of carbonyl (C=O) groups excluding carboxylic acids is 1. The van der Waals surface area contributed by atoms with Gasteiger partial charge in [-0.05, 0) is 63.4 Å². The van der Waals surface area contributed by atoms with E-state index in [9.17, 15) is 13.6 Å². The molecule has 1 N–H and O–H groups in total. The molecule has 1 aromatic heterocycles. The summed E-state index contributed by atoms with van der Waals surface area (Å²) in [6.45, 7) is 9.04. The summed E-state index contributed by atoms with van der Waals surface area (Å²) in [5, 5.41) is 1.14. The van der Waals surface area contributed by atoms with Crippen molar-refractivity contribution in [3.63, 3.8) is 0 Å². The van der Waals surface area contributed by atoms with Crippen LogP contribution in [0.2, 0.25) is 0 Å². The minimum atomic E-state index is -2.26. The molecular weight excluding hydrogens is 386 g/mol. The molecule has 5 nitrogen and oxygen atoms in total. The van der Waals surface area contributed by atoms with Crippen molar-refractivity contribution >= 4 is 16.8 Å². The van der Waals surface area contributed by atoms with Gasteiger partial charge in [-0.1, -0.05) is 6.07 Å². The van der Waals surface area contributed by atoms with Gasteiger partial charge in [0.25, 0.3) is 12.3 Å². The average Bonchev–Trinajstić information content (AvgIpc) is 3.16. The Bertz CT molecular complexity index is 865. The van der Waals surface area contributed by atoms with Crippen LogP contribution in [0.1, 0.15) is 48.5 Å². The smallest absolute Gasteiger partial charge is 0.254 e. The van der Waals surface area contributed by atoms with Crippen molar-refractivity contribution in [1.82, 2.24) is 19.7 Å². The Morgan fingerprint density at radius 3 is 2.43 bits per heavy atom. The number of hydrogen-bond donors (Lipinski definition) is 1. The SMILES string of the molecule is CC(C)N1CCN(C(=O)c2ccc3c(C4CCN(CC(F)F)CC4)c[nH]c3c2)CC1. The number of benzene rings is 1. The number of piperazine rings is 1. The van der Waals surface area contributed by atoms with Crippen molar-refractivity contribution in [2.24, 2.45) is 0 Å². The number of aromatic amines is 1. The molecule has 3 heterocycles. The van der Waals surface area contributed by atoms with Crippen molar-refractivity contribution in [3.05, 3.63) is 35.5 Å². The van der Waals surface area contributed by atoms with Crippen LogP contribution in [0, 0.1) is 0 Å². The van der Waals surface area contributed by atoms with Crippen molar-refractivity contribution < 1.29 is 13.6 Å². The van der Waals surface area contributed by atoms with Crippen molar-refractivity contribution in [1.29, 1.82) is 0 Å². The predicted molar refractivity (Wildman–Crippen MR) is 115 cm³/mol. The van der Waals surface area contributed by atoms with Gasteiger partial charge in [0.1, 0.15) is 0 Å². The Kier molecular flexibility index (Phi) is 6.39. The second-order valence-corrected chi connectivity index (χ2v) is 8.89. The van der Waals surface area contributed by atoms with Crippen LogP contribution in [0.25, 0.3) is 10.9 Å². The molecule has 0 radical (unpaired) electrons. The summed E-state index contributed by atoms with van der Waals surface area (Å²) in [4.78, 5) is 22.5. The third-order valence-electron chi connectivity index (χ3n) is 6.72. The summed E-state index contributed by atoms with van der Waals surface area (Å²) < 4.78 is 25.2. The fourth-order valence-corrected chi connectivity index (χ4v) is 4.87. The van der Waals surface area contributed by atoms with Crippen LogP contribution in [0.4, 0.5) is 8.78 Å². The molecular formula is C23H32F2N4O. The monoisotopic (exact) mass is 418 g/mol. The lowest BCUT2D eigenvalue weighted by atomic mass is 9.89. The van der Waals surface area contributed by atoms with Gasteiger partial charge in [-0.2, -0.15) is 0 Å². The number of rotatable bonds is 5. The maximum atomic E-state index is 13.0. The number of fused-ring (bicyclic) bond motifs is 1. The summed E-state index contributed by atoms with van der Waals surface area (Å²) in [6, 6.07) is 6.45. The maximum Gasteiger partial charge on any atom is 0.254 e. The van der Waals surface area contributed by atoms with Gasteiger partial charge in [-0.15, -0.1) is 0 Å². The van der Waals surface area contributed by atoms with Crippen molar-refractivity contribution in [2.75, 3.05) is 45.8 Å². The maximum absolute atomic E-state index is 13.0. The van der Waals surface area contributed by atoms with Crippen LogP contribution in [0.5, 0.6) is 0 Å². The second kappa shape index (κ2) is 9.02. The van der Waals surface area contributed by atoms with Crippen LogP contribution in [-0.2, 0) is 0 Å². The normalized spacial score (nSPS) is 20.0. The van der Waals surface area contributed by atoms with Crippen LogP contribution >= 0.6 is 0 Å². The standard InChI is InChI=1S/C23H32F2N4O/c1-16(2)28-9-11-29(12-10-28)23(30)18-3-4-19-20(14-26-21(19)13-18)17-5-7-27(8-6-17)15-22(24)25/h3-4,13-14,16-17,22,26H,5-12,15H2,1-2H3. The lowest BCUT2D eigenvalue weighted by Crippen LogP contribution is -2.50. The first-order valence-electron chi connectivity index (χ1n) is 11.1. The Hall–Kier alpha value is -1.99. The third kappa shape index (κ3) is 4.52. The topological polar surface area (TPSA) is 42.6 Å². The van der Waals surface area contributed by atoms with E-state index in [1.54, 1.807) is 0 Å².